The number of para-hydroxylation sites is 3. The van der Waals surface area contributed by atoms with E-state index in [9.17, 15) is 0 Å². The molecule has 0 saturated heterocycles. The molecule has 0 amide bonds. The lowest BCUT2D eigenvalue weighted by Gasteiger charge is -2.44. The van der Waals surface area contributed by atoms with E-state index in [1.165, 1.54) is 55.9 Å². The molecule has 8 aromatic rings. The maximum atomic E-state index is 2.55. The molecule has 0 aromatic heterocycles. The molecule has 0 bridgehead atoms. The van der Waals surface area contributed by atoms with Gasteiger partial charge < -0.3 is 9.80 Å². The minimum Gasteiger partial charge on any atom is -0.334 e. The maximum absolute atomic E-state index is 2.55. The summed E-state index contributed by atoms with van der Waals surface area (Å²) in [6, 6.07) is 79.2. The van der Waals surface area contributed by atoms with Crippen molar-refractivity contribution in [1.29, 1.82) is 0 Å². The molecule has 0 radical (unpaired) electrons. The second kappa shape index (κ2) is 14.7. The van der Waals surface area contributed by atoms with Crippen molar-refractivity contribution >= 4 is 28.4 Å². The van der Waals surface area contributed by atoms with Crippen molar-refractivity contribution in [2.75, 3.05) is 9.80 Å². The summed E-state index contributed by atoms with van der Waals surface area (Å²) in [4.78, 5) is 4.93. The monoisotopic (exact) mass is 756 g/mol. The van der Waals surface area contributed by atoms with Gasteiger partial charge in [-0.1, -0.05) is 176 Å². The van der Waals surface area contributed by atoms with E-state index in [4.69, 9.17) is 0 Å². The average molecular weight is 757 g/mol. The van der Waals surface area contributed by atoms with Gasteiger partial charge in [0.05, 0.1) is 11.5 Å². The van der Waals surface area contributed by atoms with Crippen LogP contribution in [-0.2, 0) is 5.41 Å². The molecule has 2 heteroatoms. The van der Waals surface area contributed by atoms with Crippen molar-refractivity contribution in [2.45, 2.75) is 29.7 Å². The lowest BCUT2D eigenvalue weighted by atomic mass is 9.58. The normalized spacial score (nSPS) is 17.9. The Kier molecular flexibility index (Phi) is 8.70. The molecule has 0 fully saturated rings. The van der Waals surface area contributed by atoms with Crippen LogP contribution in [0.15, 0.2) is 237 Å². The van der Waals surface area contributed by atoms with Crippen LogP contribution in [0.25, 0.3) is 11.1 Å². The van der Waals surface area contributed by atoms with Crippen LogP contribution in [0.1, 0.15) is 51.6 Å². The smallest absolute Gasteiger partial charge is 0.0559 e. The molecule has 0 aliphatic heterocycles. The van der Waals surface area contributed by atoms with Gasteiger partial charge in [0.15, 0.2) is 0 Å². The van der Waals surface area contributed by atoms with E-state index in [0.29, 0.717) is 0 Å². The minimum atomic E-state index is -0.495. The maximum Gasteiger partial charge on any atom is 0.0559 e. The van der Waals surface area contributed by atoms with E-state index < -0.39 is 5.41 Å². The van der Waals surface area contributed by atoms with Crippen LogP contribution in [0.3, 0.4) is 0 Å². The molecule has 0 heterocycles. The largest absolute Gasteiger partial charge is 0.334 e. The summed E-state index contributed by atoms with van der Waals surface area (Å²) in [5.41, 5.74) is 16.1. The quantitative estimate of drug-likeness (QED) is 0.152. The molecule has 2 nitrogen and oxygen atoms in total. The Labute approximate surface area is 347 Å². The molecular weight excluding hydrogens is 713 g/mol. The van der Waals surface area contributed by atoms with E-state index in [1.54, 1.807) is 0 Å². The van der Waals surface area contributed by atoms with E-state index in [1.807, 2.05) is 0 Å². The molecule has 3 aliphatic carbocycles. The molecule has 11 rings (SSSR count). The van der Waals surface area contributed by atoms with E-state index >= 15 is 0 Å². The first-order valence-electron chi connectivity index (χ1n) is 20.9. The van der Waals surface area contributed by atoms with Gasteiger partial charge in [0.1, 0.15) is 0 Å². The van der Waals surface area contributed by atoms with Gasteiger partial charge in [-0.05, 0) is 112 Å². The predicted octanol–water partition coefficient (Wildman–Crippen LogP) is 14.4. The second-order valence-electron chi connectivity index (χ2n) is 16.0. The zero-order chi connectivity index (χ0) is 39.2. The lowest BCUT2D eigenvalue weighted by molar-refractivity contribution is 0.482. The average Bonchev–Trinajstić information content (AvgIpc) is 3.63. The Bertz CT molecular complexity index is 2730. The Morgan fingerprint density at radius 3 is 1.56 bits per heavy atom. The Hall–Kier alpha value is -7.16. The first-order valence-corrected chi connectivity index (χ1v) is 20.9. The number of allylic oxidation sites excluding steroid dienone is 2. The molecule has 8 aromatic carbocycles. The van der Waals surface area contributed by atoms with Crippen molar-refractivity contribution in [2.24, 2.45) is 0 Å². The third-order valence-electron chi connectivity index (χ3n) is 12.9. The molecule has 0 saturated carbocycles. The van der Waals surface area contributed by atoms with Gasteiger partial charge in [-0.3, -0.25) is 0 Å². The van der Waals surface area contributed by atoms with Crippen LogP contribution in [0.4, 0.5) is 28.4 Å². The number of benzene rings is 8. The number of fused-ring (bicyclic) bond motifs is 8. The Balaban J connectivity index is 1.19. The zero-order valence-corrected chi connectivity index (χ0v) is 32.9. The molecule has 59 heavy (non-hydrogen) atoms. The summed E-state index contributed by atoms with van der Waals surface area (Å²) in [5, 5.41) is 0. The molecule has 3 aliphatic rings. The number of hydrogen-bond acceptors (Lipinski definition) is 2. The SMILES string of the molecule is C1=CCC(N(c2ccccc2)c2ccc3c(c2)C(c2ccccc2)(c2ccccc2)C2c4ccc(N(c5ccccc5)c5ccccc5)cc4-c4ccccc4C32)C=C1. The lowest BCUT2D eigenvalue weighted by Crippen LogP contribution is -2.36. The van der Waals surface area contributed by atoms with Gasteiger partial charge in [-0.25, -0.2) is 0 Å². The van der Waals surface area contributed by atoms with E-state index in [2.05, 4.69) is 246 Å². The van der Waals surface area contributed by atoms with Gasteiger partial charge in [0.25, 0.3) is 0 Å². The highest BCUT2D eigenvalue weighted by atomic mass is 15.2. The highest BCUT2D eigenvalue weighted by Gasteiger charge is 2.57. The number of anilines is 5. The molecular formula is C57H44N2. The summed E-state index contributed by atoms with van der Waals surface area (Å²) < 4.78 is 0. The molecule has 282 valence electrons. The summed E-state index contributed by atoms with van der Waals surface area (Å²) in [7, 11) is 0. The van der Waals surface area contributed by atoms with Crippen molar-refractivity contribution < 1.29 is 0 Å². The van der Waals surface area contributed by atoms with E-state index in [0.717, 1.165) is 23.5 Å². The van der Waals surface area contributed by atoms with Gasteiger partial charge >= 0.3 is 0 Å². The summed E-state index contributed by atoms with van der Waals surface area (Å²) in [5.74, 6) is 0.220. The van der Waals surface area contributed by atoms with Crippen LogP contribution < -0.4 is 9.80 Å². The van der Waals surface area contributed by atoms with Crippen LogP contribution in [-0.4, -0.2) is 6.04 Å². The van der Waals surface area contributed by atoms with Crippen LogP contribution >= 0.6 is 0 Å². The summed E-state index contributed by atoms with van der Waals surface area (Å²) in [6.45, 7) is 0. The van der Waals surface area contributed by atoms with Crippen molar-refractivity contribution in [1.82, 2.24) is 0 Å². The molecule has 0 N–H and O–H groups in total. The summed E-state index contributed by atoms with van der Waals surface area (Å²) >= 11 is 0. The fraction of sp³-hybridized carbons (Fsp3) is 0.0877. The van der Waals surface area contributed by atoms with Crippen molar-refractivity contribution in [3.05, 3.63) is 270 Å². The minimum absolute atomic E-state index is 0.0843. The fourth-order valence-electron chi connectivity index (χ4n) is 10.6. The number of nitrogens with zero attached hydrogens (tertiary/aromatic N) is 2. The van der Waals surface area contributed by atoms with Crippen molar-refractivity contribution in [3.63, 3.8) is 0 Å². The third-order valence-corrected chi connectivity index (χ3v) is 12.9. The summed E-state index contributed by atoms with van der Waals surface area (Å²) in [6.07, 6.45) is 9.95. The first kappa shape index (κ1) is 35.0. The fourth-order valence-corrected chi connectivity index (χ4v) is 10.6. The number of rotatable bonds is 8. The third kappa shape index (κ3) is 5.70. The van der Waals surface area contributed by atoms with Crippen LogP contribution in [0.5, 0.6) is 0 Å². The first-order chi connectivity index (χ1) is 29.3. The van der Waals surface area contributed by atoms with Crippen molar-refractivity contribution in [3.8, 4) is 11.1 Å². The standard InChI is InChI=1S/C57H44N2/c1-7-21-41(22-8-1)57(42-23-9-2-10-24-42)54-40-48(59(45-29-15-5-16-30-45)46-31-17-6-18-32-46)36-38-52(54)55-50-34-20-19-33-49(50)53-39-47(35-37-51(53)56(55)57)58(43-25-11-3-12-26-43)44-27-13-4-14-28-44/h1-31,33-40,46,55-56H,32H2. The Morgan fingerprint density at radius 2 is 0.949 bits per heavy atom. The highest BCUT2D eigenvalue weighted by molar-refractivity contribution is 5.87. The zero-order valence-electron chi connectivity index (χ0n) is 32.9. The predicted molar refractivity (Wildman–Crippen MR) is 246 cm³/mol. The van der Waals surface area contributed by atoms with E-state index in [-0.39, 0.29) is 17.9 Å². The Morgan fingerprint density at radius 1 is 0.407 bits per heavy atom. The van der Waals surface area contributed by atoms with Gasteiger partial charge in [-0.2, -0.15) is 0 Å². The number of hydrogen-bond donors (Lipinski definition) is 0. The molecule has 0 spiro atoms. The van der Waals surface area contributed by atoms with Gasteiger partial charge in [0.2, 0.25) is 0 Å². The highest BCUT2D eigenvalue weighted by Crippen LogP contribution is 2.68. The molecule has 3 unspecified atom stereocenters. The van der Waals surface area contributed by atoms with Crippen LogP contribution in [0, 0.1) is 0 Å². The second-order valence-corrected chi connectivity index (χ2v) is 16.0. The van der Waals surface area contributed by atoms with Gasteiger partial charge in [-0.15, -0.1) is 0 Å². The molecule has 3 atom stereocenters. The van der Waals surface area contributed by atoms with Gasteiger partial charge in [0, 0.05) is 40.3 Å². The topological polar surface area (TPSA) is 6.48 Å². The van der Waals surface area contributed by atoms with Crippen LogP contribution in [0.2, 0.25) is 0 Å².